The number of anilines is 2. The lowest BCUT2D eigenvalue weighted by Crippen LogP contribution is -2.34. The maximum absolute atomic E-state index is 12.8. The topological polar surface area (TPSA) is 78.5 Å². The number of carbonyl (C=O) groups excluding carboxylic acids is 3. The van der Waals surface area contributed by atoms with E-state index in [1.54, 1.807) is 4.90 Å². The van der Waals surface area contributed by atoms with Crippen LogP contribution < -0.4 is 15.5 Å². The Bertz CT molecular complexity index is 991. The Kier molecular flexibility index (Phi) is 5.41. The first-order valence-corrected chi connectivity index (χ1v) is 10.5. The number of halogens is 1. The highest BCUT2D eigenvalue weighted by Gasteiger charge is 2.35. The van der Waals surface area contributed by atoms with Crippen LogP contribution in [0.4, 0.5) is 11.4 Å². The number of nitrogens with one attached hydrogen (secondary N) is 2. The molecule has 29 heavy (non-hydrogen) atoms. The van der Waals surface area contributed by atoms with Gasteiger partial charge in [-0.2, -0.15) is 0 Å². The van der Waals surface area contributed by atoms with Crippen LogP contribution in [0.25, 0.3) is 0 Å². The monoisotopic (exact) mass is 455 g/mol. The molecule has 150 valence electrons. The van der Waals surface area contributed by atoms with Gasteiger partial charge in [0.1, 0.15) is 0 Å². The van der Waals surface area contributed by atoms with Gasteiger partial charge in [-0.05, 0) is 48.7 Å². The molecular weight excluding hydrogens is 434 g/mol. The molecule has 0 aliphatic carbocycles. The van der Waals surface area contributed by atoms with E-state index < -0.39 is 0 Å². The molecule has 2 aliphatic rings. The first kappa shape index (κ1) is 19.6. The predicted octanol–water partition coefficient (Wildman–Crippen LogP) is 3.56. The van der Waals surface area contributed by atoms with Crippen LogP contribution in [-0.4, -0.2) is 24.3 Å². The molecule has 6 nitrogen and oxygen atoms in total. The van der Waals surface area contributed by atoms with Gasteiger partial charge in [-0.1, -0.05) is 34.1 Å². The number of nitrogens with zero attached hydrogens (tertiary/aromatic N) is 1. The van der Waals surface area contributed by atoms with E-state index in [4.69, 9.17) is 0 Å². The van der Waals surface area contributed by atoms with Crippen molar-refractivity contribution in [2.75, 3.05) is 16.8 Å². The number of fused-ring (bicyclic) bond motifs is 1. The average molecular weight is 456 g/mol. The van der Waals surface area contributed by atoms with Gasteiger partial charge in [-0.25, -0.2) is 0 Å². The normalized spacial score (nSPS) is 19.5. The Hall–Kier alpha value is -2.67. The zero-order valence-corrected chi connectivity index (χ0v) is 17.7. The number of rotatable bonds is 4. The van der Waals surface area contributed by atoms with Gasteiger partial charge >= 0.3 is 0 Å². The van der Waals surface area contributed by atoms with E-state index >= 15 is 0 Å². The van der Waals surface area contributed by atoms with Crippen LogP contribution in [0.5, 0.6) is 0 Å². The van der Waals surface area contributed by atoms with Crippen LogP contribution in [0.15, 0.2) is 46.9 Å². The number of amides is 3. The molecule has 2 atom stereocenters. The third-order valence-electron chi connectivity index (χ3n) is 5.50. The Labute approximate surface area is 177 Å². The zero-order chi connectivity index (χ0) is 20.5. The molecule has 4 rings (SSSR count). The third kappa shape index (κ3) is 4.19. The lowest BCUT2D eigenvalue weighted by molar-refractivity contribution is -0.126. The second-order valence-electron chi connectivity index (χ2n) is 7.58. The van der Waals surface area contributed by atoms with Crippen LogP contribution in [0, 0.1) is 5.92 Å². The van der Waals surface area contributed by atoms with Gasteiger partial charge in [-0.15, -0.1) is 0 Å². The van der Waals surface area contributed by atoms with Crippen molar-refractivity contribution in [3.63, 3.8) is 0 Å². The van der Waals surface area contributed by atoms with Gasteiger partial charge in [0, 0.05) is 35.2 Å². The number of benzene rings is 2. The fourth-order valence-corrected chi connectivity index (χ4v) is 4.25. The highest BCUT2D eigenvalue weighted by atomic mass is 79.9. The molecule has 2 aromatic rings. The zero-order valence-electron chi connectivity index (χ0n) is 16.1. The largest absolute Gasteiger partial charge is 0.349 e. The van der Waals surface area contributed by atoms with Crippen molar-refractivity contribution >= 4 is 45.0 Å². The number of aryl methyl sites for hydroxylation is 1. The lowest BCUT2D eigenvalue weighted by atomic mass is 9.97. The second-order valence-corrected chi connectivity index (χ2v) is 8.50. The Balaban J connectivity index is 1.42. The van der Waals surface area contributed by atoms with Crippen molar-refractivity contribution in [1.29, 1.82) is 0 Å². The fraction of sp³-hybridized carbons (Fsp3) is 0.318. The number of carbonyl (C=O) groups is 3. The van der Waals surface area contributed by atoms with Crippen molar-refractivity contribution in [2.45, 2.75) is 32.2 Å². The molecular formula is C22H22BrN3O3. The molecule has 2 heterocycles. The molecule has 2 aromatic carbocycles. The van der Waals surface area contributed by atoms with Gasteiger partial charge in [0.25, 0.3) is 0 Å². The summed E-state index contributed by atoms with van der Waals surface area (Å²) in [6.45, 7) is 2.31. The van der Waals surface area contributed by atoms with Gasteiger partial charge in [0.15, 0.2) is 0 Å². The standard InChI is InChI=1S/C22H22BrN3O3/c1-13(14-5-7-19-15(9-14)6-8-20(27)25-19)24-22(29)16-10-21(28)26(12-16)18-4-2-3-17(23)11-18/h2-5,7,9,11,13,16H,6,8,10,12H2,1H3,(H,24,29)(H,25,27). The molecule has 3 amide bonds. The Morgan fingerprint density at radius 2 is 2.03 bits per heavy atom. The molecule has 7 heteroatoms. The van der Waals surface area contributed by atoms with E-state index in [-0.39, 0.29) is 36.1 Å². The summed E-state index contributed by atoms with van der Waals surface area (Å²) in [6.07, 6.45) is 1.39. The van der Waals surface area contributed by atoms with E-state index in [9.17, 15) is 14.4 Å². The molecule has 1 saturated heterocycles. The highest BCUT2D eigenvalue weighted by molar-refractivity contribution is 9.10. The van der Waals surface area contributed by atoms with E-state index in [0.717, 1.165) is 27.0 Å². The van der Waals surface area contributed by atoms with Gasteiger partial charge in [-0.3, -0.25) is 14.4 Å². The van der Waals surface area contributed by atoms with E-state index in [0.29, 0.717) is 19.4 Å². The summed E-state index contributed by atoms with van der Waals surface area (Å²) < 4.78 is 0.896. The van der Waals surface area contributed by atoms with Crippen molar-refractivity contribution in [3.8, 4) is 0 Å². The molecule has 2 unspecified atom stereocenters. The second kappa shape index (κ2) is 7.99. The molecule has 1 fully saturated rings. The van der Waals surface area contributed by atoms with Crippen molar-refractivity contribution < 1.29 is 14.4 Å². The van der Waals surface area contributed by atoms with Crippen molar-refractivity contribution in [3.05, 3.63) is 58.1 Å². The van der Waals surface area contributed by atoms with Crippen LogP contribution in [-0.2, 0) is 20.8 Å². The Morgan fingerprint density at radius 3 is 2.83 bits per heavy atom. The summed E-state index contributed by atoms with van der Waals surface area (Å²) in [7, 11) is 0. The minimum absolute atomic E-state index is 0.0347. The van der Waals surface area contributed by atoms with Crippen molar-refractivity contribution in [1.82, 2.24) is 5.32 Å². The molecule has 2 N–H and O–H groups in total. The first-order chi connectivity index (χ1) is 13.9. The number of hydrogen-bond donors (Lipinski definition) is 2. The summed E-state index contributed by atoms with van der Waals surface area (Å²) in [6, 6.07) is 13.2. The maximum Gasteiger partial charge on any atom is 0.227 e. The summed E-state index contributed by atoms with van der Waals surface area (Å²) in [4.78, 5) is 38.4. The minimum Gasteiger partial charge on any atom is -0.349 e. The van der Waals surface area contributed by atoms with E-state index in [2.05, 4.69) is 26.6 Å². The number of hydrogen-bond acceptors (Lipinski definition) is 3. The van der Waals surface area contributed by atoms with Gasteiger partial charge in [0.05, 0.1) is 12.0 Å². The molecule has 0 saturated carbocycles. The fourth-order valence-electron chi connectivity index (χ4n) is 3.86. The van der Waals surface area contributed by atoms with Crippen molar-refractivity contribution in [2.24, 2.45) is 5.92 Å². The molecule has 0 aromatic heterocycles. The summed E-state index contributed by atoms with van der Waals surface area (Å²) >= 11 is 3.42. The van der Waals surface area contributed by atoms with Crippen LogP contribution in [0.1, 0.15) is 36.9 Å². The average Bonchev–Trinajstić information content (AvgIpc) is 3.09. The minimum atomic E-state index is -0.374. The van der Waals surface area contributed by atoms with Gasteiger partial charge in [0.2, 0.25) is 17.7 Å². The lowest BCUT2D eigenvalue weighted by Gasteiger charge is -2.21. The summed E-state index contributed by atoms with van der Waals surface area (Å²) in [5.74, 6) is -0.497. The molecule has 0 bridgehead atoms. The highest BCUT2D eigenvalue weighted by Crippen LogP contribution is 2.29. The Morgan fingerprint density at radius 1 is 1.21 bits per heavy atom. The van der Waals surface area contributed by atoms with Crippen LogP contribution >= 0.6 is 15.9 Å². The van der Waals surface area contributed by atoms with Crippen LogP contribution in [0.2, 0.25) is 0 Å². The molecule has 2 aliphatic heterocycles. The summed E-state index contributed by atoms with van der Waals surface area (Å²) in [5.41, 5.74) is 3.71. The third-order valence-corrected chi connectivity index (χ3v) is 5.99. The van der Waals surface area contributed by atoms with Crippen LogP contribution in [0.3, 0.4) is 0 Å². The first-order valence-electron chi connectivity index (χ1n) is 9.69. The predicted molar refractivity (Wildman–Crippen MR) is 115 cm³/mol. The summed E-state index contributed by atoms with van der Waals surface area (Å²) in [5, 5.41) is 5.91. The quantitative estimate of drug-likeness (QED) is 0.739. The SMILES string of the molecule is CC(NC(=O)C1CC(=O)N(c2cccc(Br)c2)C1)c1ccc2c(c1)CCC(=O)N2. The van der Waals surface area contributed by atoms with E-state index in [1.807, 2.05) is 49.4 Å². The van der Waals surface area contributed by atoms with Gasteiger partial charge < -0.3 is 15.5 Å². The maximum atomic E-state index is 12.8. The molecule has 0 radical (unpaired) electrons. The molecule has 0 spiro atoms. The smallest absolute Gasteiger partial charge is 0.227 e. The van der Waals surface area contributed by atoms with E-state index in [1.165, 1.54) is 0 Å².